The molecule has 0 spiro atoms. The highest BCUT2D eigenvalue weighted by molar-refractivity contribution is 7.89. The van der Waals surface area contributed by atoms with Crippen LogP contribution in [0.1, 0.15) is 24.8 Å². The maximum Gasteiger partial charge on any atom is 0.310 e. The Morgan fingerprint density at radius 1 is 1.06 bits per heavy atom. The molecule has 31 heavy (non-hydrogen) atoms. The molecule has 2 aromatic rings. The van der Waals surface area contributed by atoms with E-state index < -0.39 is 14.9 Å². The third kappa shape index (κ3) is 4.26. The van der Waals surface area contributed by atoms with E-state index in [9.17, 15) is 23.3 Å². The molecule has 10 heteroatoms. The molecule has 0 aliphatic carbocycles. The molecule has 2 aliphatic heterocycles. The third-order valence-electron chi connectivity index (χ3n) is 5.59. The van der Waals surface area contributed by atoms with Gasteiger partial charge < -0.3 is 9.64 Å². The van der Waals surface area contributed by atoms with Crippen molar-refractivity contribution < 1.29 is 22.9 Å². The maximum atomic E-state index is 12.9. The van der Waals surface area contributed by atoms with Crippen LogP contribution in [0.2, 0.25) is 0 Å². The summed E-state index contributed by atoms with van der Waals surface area (Å²) in [5, 5.41) is 11.1. The molecule has 0 unspecified atom stereocenters. The standard InChI is InChI=1S/C21H23N3O6S/c25-21(15-30-20-8-2-1-7-19(20)24(26)27)23-13-5-6-16-14-17(9-10-18(16)23)31(28,29)22-11-3-4-12-22/h1-2,7-10,14H,3-6,11-13,15H2. The molecule has 4 rings (SSSR count). The second kappa shape index (κ2) is 8.64. The zero-order chi connectivity index (χ0) is 22.0. The molecular formula is C21H23N3O6S. The number of hydrogen-bond donors (Lipinski definition) is 0. The molecule has 2 aromatic carbocycles. The van der Waals surface area contributed by atoms with Crippen LogP contribution in [-0.2, 0) is 21.2 Å². The quantitative estimate of drug-likeness (QED) is 0.499. The summed E-state index contributed by atoms with van der Waals surface area (Å²) in [6.07, 6.45) is 3.10. The number of benzene rings is 2. The zero-order valence-corrected chi connectivity index (χ0v) is 17.7. The topological polar surface area (TPSA) is 110 Å². The van der Waals surface area contributed by atoms with Gasteiger partial charge in [-0.2, -0.15) is 4.31 Å². The van der Waals surface area contributed by atoms with E-state index in [2.05, 4.69) is 0 Å². The minimum atomic E-state index is -3.53. The number of para-hydroxylation sites is 2. The first-order valence-electron chi connectivity index (χ1n) is 10.2. The van der Waals surface area contributed by atoms with Crippen molar-refractivity contribution in [2.24, 2.45) is 0 Å². The molecule has 0 saturated carbocycles. The van der Waals surface area contributed by atoms with Crippen LogP contribution in [0.15, 0.2) is 47.4 Å². The summed E-state index contributed by atoms with van der Waals surface area (Å²) in [5.41, 5.74) is 1.25. The lowest BCUT2D eigenvalue weighted by Crippen LogP contribution is -2.38. The van der Waals surface area contributed by atoms with Gasteiger partial charge >= 0.3 is 5.69 Å². The molecular weight excluding hydrogens is 422 g/mol. The van der Waals surface area contributed by atoms with Gasteiger partial charge in [0, 0.05) is 31.4 Å². The largest absolute Gasteiger partial charge is 0.477 e. The summed E-state index contributed by atoms with van der Waals surface area (Å²) >= 11 is 0. The van der Waals surface area contributed by atoms with Gasteiger partial charge in [-0.1, -0.05) is 12.1 Å². The van der Waals surface area contributed by atoms with E-state index in [-0.39, 0.29) is 28.8 Å². The Balaban J connectivity index is 1.52. The number of fused-ring (bicyclic) bond motifs is 1. The number of carbonyl (C=O) groups is 1. The van der Waals surface area contributed by atoms with Crippen LogP contribution >= 0.6 is 0 Å². The van der Waals surface area contributed by atoms with Gasteiger partial charge in [-0.05, 0) is 55.5 Å². The molecule has 2 aliphatic rings. The van der Waals surface area contributed by atoms with Crippen molar-refractivity contribution >= 4 is 27.3 Å². The first-order valence-corrected chi connectivity index (χ1v) is 11.6. The average molecular weight is 445 g/mol. The lowest BCUT2D eigenvalue weighted by Gasteiger charge is -2.30. The molecule has 0 radical (unpaired) electrons. The minimum Gasteiger partial charge on any atom is -0.477 e. The van der Waals surface area contributed by atoms with Crippen LogP contribution in [0.3, 0.4) is 0 Å². The predicted octanol–water partition coefficient (Wildman–Crippen LogP) is 2.74. The maximum absolute atomic E-state index is 12.9. The zero-order valence-electron chi connectivity index (χ0n) is 16.9. The van der Waals surface area contributed by atoms with Crippen molar-refractivity contribution in [3.8, 4) is 5.75 Å². The summed E-state index contributed by atoms with van der Waals surface area (Å²) in [6, 6.07) is 10.8. The number of amides is 1. The Bertz CT molecular complexity index is 1110. The summed E-state index contributed by atoms with van der Waals surface area (Å²) < 4.78 is 32.6. The second-order valence-electron chi connectivity index (χ2n) is 7.56. The normalized spacial score (nSPS) is 16.7. The second-order valence-corrected chi connectivity index (χ2v) is 9.50. The van der Waals surface area contributed by atoms with E-state index >= 15 is 0 Å². The number of nitrogens with zero attached hydrogens (tertiary/aromatic N) is 3. The fourth-order valence-corrected chi connectivity index (χ4v) is 5.59. The average Bonchev–Trinajstić information content (AvgIpc) is 3.32. The third-order valence-corrected chi connectivity index (χ3v) is 7.48. The van der Waals surface area contributed by atoms with Gasteiger partial charge in [0.25, 0.3) is 5.91 Å². The van der Waals surface area contributed by atoms with E-state index in [1.807, 2.05) is 0 Å². The molecule has 0 bridgehead atoms. The highest BCUT2D eigenvalue weighted by Gasteiger charge is 2.30. The van der Waals surface area contributed by atoms with Crippen LogP contribution in [0, 0.1) is 10.1 Å². The fourth-order valence-electron chi connectivity index (χ4n) is 4.02. The SMILES string of the molecule is O=C(COc1ccccc1[N+](=O)[O-])N1CCCc2cc(S(=O)(=O)N3CCCC3)ccc21. The van der Waals surface area contributed by atoms with Crippen molar-refractivity contribution in [1.82, 2.24) is 4.31 Å². The van der Waals surface area contributed by atoms with Crippen molar-refractivity contribution in [1.29, 1.82) is 0 Å². The lowest BCUT2D eigenvalue weighted by atomic mass is 10.0. The monoisotopic (exact) mass is 445 g/mol. The number of nitro groups is 1. The number of anilines is 1. The van der Waals surface area contributed by atoms with Gasteiger partial charge in [-0.15, -0.1) is 0 Å². The van der Waals surface area contributed by atoms with Crippen molar-refractivity contribution in [2.75, 3.05) is 31.1 Å². The summed E-state index contributed by atoms with van der Waals surface area (Å²) in [5.74, 6) is -0.306. The highest BCUT2D eigenvalue weighted by atomic mass is 32.2. The Labute approximate surface area is 180 Å². The van der Waals surface area contributed by atoms with Gasteiger partial charge in [-0.25, -0.2) is 8.42 Å². The van der Waals surface area contributed by atoms with E-state index in [0.29, 0.717) is 38.2 Å². The number of ether oxygens (including phenoxy) is 1. The molecule has 0 aromatic heterocycles. The van der Waals surface area contributed by atoms with E-state index in [0.717, 1.165) is 18.4 Å². The van der Waals surface area contributed by atoms with Gasteiger partial charge in [0.2, 0.25) is 10.0 Å². The predicted molar refractivity (Wildman–Crippen MR) is 114 cm³/mol. The first-order chi connectivity index (χ1) is 14.9. The molecule has 1 amide bonds. The first kappa shape index (κ1) is 21.3. The molecule has 0 N–H and O–H groups in total. The highest BCUT2D eigenvalue weighted by Crippen LogP contribution is 2.32. The van der Waals surface area contributed by atoms with Crippen molar-refractivity contribution in [2.45, 2.75) is 30.6 Å². The fraction of sp³-hybridized carbons (Fsp3) is 0.381. The lowest BCUT2D eigenvalue weighted by molar-refractivity contribution is -0.385. The van der Waals surface area contributed by atoms with Crippen LogP contribution in [-0.4, -0.2) is 49.8 Å². The Hall–Kier alpha value is -2.98. The Morgan fingerprint density at radius 3 is 2.55 bits per heavy atom. The Kier molecular flexibility index (Phi) is 5.92. The van der Waals surface area contributed by atoms with Gasteiger partial charge in [0.1, 0.15) is 0 Å². The van der Waals surface area contributed by atoms with E-state index in [1.165, 1.54) is 22.5 Å². The molecule has 2 heterocycles. The summed E-state index contributed by atoms with van der Waals surface area (Å²) in [6.45, 7) is 1.20. The number of carbonyl (C=O) groups excluding carboxylic acids is 1. The van der Waals surface area contributed by atoms with Crippen molar-refractivity contribution in [3.63, 3.8) is 0 Å². The van der Waals surface area contributed by atoms with Crippen LogP contribution < -0.4 is 9.64 Å². The number of hydrogen-bond acceptors (Lipinski definition) is 6. The smallest absolute Gasteiger partial charge is 0.310 e. The summed E-state index contributed by atoms with van der Waals surface area (Å²) in [7, 11) is -3.53. The van der Waals surface area contributed by atoms with Crippen LogP contribution in [0.25, 0.3) is 0 Å². The molecule has 9 nitrogen and oxygen atoms in total. The van der Waals surface area contributed by atoms with Gasteiger partial charge in [0.05, 0.1) is 9.82 Å². The van der Waals surface area contributed by atoms with Crippen LogP contribution in [0.5, 0.6) is 5.75 Å². The Morgan fingerprint density at radius 2 is 1.81 bits per heavy atom. The minimum absolute atomic E-state index is 0.0325. The van der Waals surface area contributed by atoms with Crippen LogP contribution in [0.4, 0.5) is 11.4 Å². The van der Waals surface area contributed by atoms with Gasteiger partial charge in [-0.3, -0.25) is 14.9 Å². The number of sulfonamides is 1. The van der Waals surface area contributed by atoms with Crippen molar-refractivity contribution in [3.05, 3.63) is 58.1 Å². The summed E-state index contributed by atoms with van der Waals surface area (Å²) in [4.78, 5) is 25.2. The molecule has 164 valence electrons. The number of nitro benzene ring substituents is 1. The molecule has 0 atom stereocenters. The number of aryl methyl sites for hydroxylation is 1. The molecule has 1 fully saturated rings. The molecule has 1 saturated heterocycles. The van der Waals surface area contributed by atoms with E-state index in [1.54, 1.807) is 29.2 Å². The van der Waals surface area contributed by atoms with E-state index in [4.69, 9.17) is 4.74 Å². The van der Waals surface area contributed by atoms with Gasteiger partial charge in [0.15, 0.2) is 12.4 Å². The number of rotatable bonds is 6.